The number of carboxylic acid groups (broad SMARTS) is 1. The first-order valence-electron chi connectivity index (χ1n) is 6.81. The highest BCUT2D eigenvalue weighted by Gasteiger charge is 2.43. The van der Waals surface area contributed by atoms with Crippen molar-refractivity contribution < 1.29 is 9.90 Å². The molecule has 5 heteroatoms. The lowest BCUT2D eigenvalue weighted by Gasteiger charge is -2.45. The largest absolute Gasteiger partial charge is 0.480 e. The summed E-state index contributed by atoms with van der Waals surface area (Å²) >= 11 is 12.2. The SMILES string of the molecule is CC(c1ccc(Cl)cc1Cl)N1CCCCC1(C)C(=O)O. The Balaban J connectivity index is 2.35. The number of hydrogen-bond acceptors (Lipinski definition) is 2. The summed E-state index contributed by atoms with van der Waals surface area (Å²) in [6.45, 7) is 4.57. The molecule has 1 heterocycles. The number of carbonyl (C=O) groups is 1. The predicted molar refractivity (Wildman–Crippen MR) is 81.5 cm³/mol. The zero-order valence-electron chi connectivity index (χ0n) is 11.7. The van der Waals surface area contributed by atoms with Crippen LogP contribution in [0.2, 0.25) is 10.0 Å². The first-order valence-corrected chi connectivity index (χ1v) is 7.57. The van der Waals surface area contributed by atoms with Gasteiger partial charge in [-0.3, -0.25) is 9.69 Å². The summed E-state index contributed by atoms with van der Waals surface area (Å²) in [5.41, 5.74) is 0.0890. The Morgan fingerprint density at radius 2 is 2.10 bits per heavy atom. The van der Waals surface area contributed by atoms with Crippen LogP contribution in [0.15, 0.2) is 18.2 Å². The van der Waals surface area contributed by atoms with E-state index in [9.17, 15) is 9.90 Å². The summed E-state index contributed by atoms with van der Waals surface area (Å²) in [6.07, 6.45) is 2.62. The molecule has 0 spiro atoms. The third kappa shape index (κ3) is 2.80. The Morgan fingerprint density at radius 1 is 1.40 bits per heavy atom. The Hall–Kier alpha value is -0.770. The lowest BCUT2D eigenvalue weighted by molar-refractivity contribution is -0.155. The number of benzene rings is 1. The van der Waals surface area contributed by atoms with Gasteiger partial charge in [0, 0.05) is 16.1 Å². The van der Waals surface area contributed by atoms with Crippen LogP contribution in [0, 0.1) is 0 Å². The van der Waals surface area contributed by atoms with Crippen molar-refractivity contribution in [3.05, 3.63) is 33.8 Å². The summed E-state index contributed by atoms with van der Waals surface area (Å²) in [6, 6.07) is 5.33. The van der Waals surface area contributed by atoms with Gasteiger partial charge in [0.2, 0.25) is 0 Å². The minimum absolute atomic E-state index is 0.0545. The van der Waals surface area contributed by atoms with Crippen LogP contribution in [0.4, 0.5) is 0 Å². The van der Waals surface area contributed by atoms with Crippen LogP contribution in [-0.2, 0) is 4.79 Å². The molecule has 110 valence electrons. The highest BCUT2D eigenvalue weighted by molar-refractivity contribution is 6.35. The van der Waals surface area contributed by atoms with Crippen molar-refractivity contribution in [1.82, 2.24) is 4.90 Å². The highest BCUT2D eigenvalue weighted by atomic mass is 35.5. The minimum atomic E-state index is -0.833. The quantitative estimate of drug-likeness (QED) is 0.899. The van der Waals surface area contributed by atoms with E-state index >= 15 is 0 Å². The molecule has 2 atom stereocenters. The number of carboxylic acids is 1. The molecule has 0 bridgehead atoms. The molecule has 1 N–H and O–H groups in total. The van der Waals surface area contributed by atoms with E-state index in [0.29, 0.717) is 16.5 Å². The zero-order chi connectivity index (χ0) is 14.9. The molecule has 0 amide bonds. The van der Waals surface area contributed by atoms with Crippen molar-refractivity contribution in [1.29, 1.82) is 0 Å². The van der Waals surface area contributed by atoms with Crippen molar-refractivity contribution >= 4 is 29.2 Å². The number of hydrogen-bond donors (Lipinski definition) is 1. The second-order valence-corrected chi connectivity index (χ2v) is 6.41. The van der Waals surface area contributed by atoms with E-state index in [0.717, 1.165) is 24.9 Å². The van der Waals surface area contributed by atoms with Gasteiger partial charge in [0.05, 0.1) is 0 Å². The molecule has 1 aliphatic rings. The van der Waals surface area contributed by atoms with Crippen LogP contribution in [0.3, 0.4) is 0 Å². The van der Waals surface area contributed by atoms with Crippen LogP contribution >= 0.6 is 23.2 Å². The van der Waals surface area contributed by atoms with Gasteiger partial charge < -0.3 is 5.11 Å². The third-order valence-corrected chi connectivity index (χ3v) is 4.85. The van der Waals surface area contributed by atoms with Gasteiger partial charge in [-0.25, -0.2) is 0 Å². The lowest BCUT2D eigenvalue weighted by Crippen LogP contribution is -2.55. The smallest absolute Gasteiger partial charge is 0.323 e. The average Bonchev–Trinajstić information content (AvgIpc) is 2.38. The number of aliphatic carboxylic acids is 1. The predicted octanol–water partition coefficient (Wildman–Crippen LogP) is 4.38. The van der Waals surface area contributed by atoms with Gasteiger partial charge in [0.25, 0.3) is 0 Å². The Bertz CT molecular complexity index is 521. The number of piperidine rings is 1. The molecule has 0 saturated carbocycles. The molecule has 1 aromatic carbocycles. The van der Waals surface area contributed by atoms with Gasteiger partial charge in [0.1, 0.15) is 5.54 Å². The number of likely N-dealkylation sites (tertiary alicyclic amines) is 1. The Morgan fingerprint density at radius 3 is 2.70 bits per heavy atom. The van der Waals surface area contributed by atoms with Gasteiger partial charge in [-0.1, -0.05) is 29.3 Å². The fourth-order valence-electron chi connectivity index (χ4n) is 3.00. The van der Waals surface area contributed by atoms with Crippen LogP contribution in [0.25, 0.3) is 0 Å². The van der Waals surface area contributed by atoms with Crippen molar-refractivity contribution in [3.63, 3.8) is 0 Å². The van der Waals surface area contributed by atoms with Crippen LogP contribution in [0.5, 0.6) is 0 Å². The number of nitrogens with zero attached hydrogens (tertiary/aromatic N) is 1. The normalized spacial score (nSPS) is 25.4. The van der Waals surface area contributed by atoms with Crippen LogP contribution in [0.1, 0.15) is 44.7 Å². The van der Waals surface area contributed by atoms with E-state index in [1.807, 2.05) is 17.9 Å². The molecular formula is C15H19Cl2NO2. The molecule has 3 nitrogen and oxygen atoms in total. The Kier molecular flexibility index (Phi) is 4.62. The van der Waals surface area contributed by atoms with E-state index in [4.69, 9.17) is 23.2 Å². The number of halogens is 2. The molecule has 2 unspecified atom stereocenters. The summed E-state index contributed by atoms with van der Waals surface area (Å²) in [4.78, 5) is 13.7. The molecule has 0 aliphatic carbocycles. The zero-order valence-corrected chi connectivity index (χ0v) is 13.2. The second-order valence-electron chi connectivity index (χ2n) is 5.57. The maximum Gasteiger partial charge on any atom is 0.323 e. The molecule has 1 fully saturated rings. The Labute approximate surface area is 129 Å². The fraction of sp³-hybridized carbons (Fsp3) is 0.533. The van der Waals surface area contributed by atoms with Gasteiger partial charge in [-0.05, 0) is 57.4 Å². The average molecular weight is 316 g/mol. The monoisotopic (exact) mass is 315 g/mol. The molecule has 1 saturated heterocycles. The fourth-order valence-corrected chi connectivity index (χ4v) is 3.57. The first-order chi connectivity index (χ1) is 9.36. The first kappa shape index (κ1) is 15.6. The maximum absolute atomic E-state index is 11.7. The van der Waals surface area contributed by atoms with Gasteiger partial charge >= 0.3 is 5.97 Å². The number of rotatable bonds is 3. The molecule has 2 rings (SSSR count). The minimum Gasteiger partial charge on any atom is -0.480 e. The van der Waals surface area contributed by atoms with Crippen molar-refractivity contribution in [3.8, 4) is 0 Å². The van der Waals surface area contributed by atoms with Gasteiger partial charge in [0.15, 0.2) is 0 Å². The highest BCUT2D eigenvalue weighted by Crippen LogP contribution is 2.38. The summed E-state index contributed by atoms with van der Waals surface area (Å²) in [5, 5.41) is 10.8. The molecule has 0 aromatic heterocycles. The van der Waals surface area contributed by atoms with E-state index < -0.39 is 11.5 Å². The van der Waals surface area contributed by atoms with E-state index in [2.05, 4.69) is 0 Å². The summed E-state index contributed by atoms with van der Waals surface area (Å²) < 4.78 is 0. The second kappa shape index (κ2) is 5.92. The van der Waals surface area contributed by atoms with E-state index in [-0.39, 0.29) is 6.04 Å². The van der Waals surface area contributed by atoms with Crippen LogP contribution in [-0.4, -0.2) is 28.1 Å². The molecule has 0 radical (unpaired) electrons. The van der Waals surface area contributed by atoms with Gasteiger partial charge in [-0.15, -0.1) is 0 Å². The summed E-state index contributed by atoms with van der Waals surface area (Å²) in [7, 11) is 0. The van der Waals surface area contributed by atoms with E-state index in [1.54, 1.807) is 19.1 Å². The third-order valence-electron chi connectivity index (χ3n) is 4.29. The van der Waals surface area contributed by atoms with Crippen LogP contribution < -0.4 is 0 Å². The molecule has 1 aromatic rings. The van der Waals surface area contributed by atoms with Crippen molar-refractivity contribution in [2.24, 2.45) is 0 Å². The lowest BCUT2D eigenvalue weighted by atomic mass is 9.86. The topological polar surface area (TPSA) is 40.5 Å². The molecular weight excluding hydrogens is 297 g/mol. The maximum atomic E-state index is 11.7. The van der Waals surface area contributed by atoms with Crippen molar-refractivity contribution in [2.75, 3.05) is 6.54 Å². The van der Waals surface area contributed by atoms with Gasteiger partial charge in [-0.2, -0.15) is 0 Å². The molecule has 20 heavy (non-hydrogen) atoms. The molecule has 1 aliphatic heterocycles. The van der Waals surface area contributed by atoms with Crippen molar-refractivity contribution in [2.45, 2.75) is 44.7 Å². The summed E-state index contributed by atoms with van der Waals surface area (Å²) in [5.74, 6) is -0.769. The standard InChI is InChI=1S/C15H19Cl2NO2/c1-10(12-6-5-11(16)9-13(12)17)18-8-4-3-7-15(18,2)14(19)20/h5-6,9-10H,3-4,7-8H2,1-2H3,(H,19,20). The van der Waals surface area contributed by atoms with E-state index in [1.165, 1.54) is 0 Å².